The molecule has 1 aromatic heterocycles. The molecule has 0 saturated carbocycles. The van der Waals surface area contributed by atoms with Crippen LogP contribution in [0.5, 0.6) is 0 Å². The third kappa shape index (κ3) is 5.04. The van der Waals surface area contributed by atoms with Crippen molar-refractivity contribution in [1.82, 2.24) is 15.3 Å². The van der Waals surface area contributed by atoms with E-state index in [2.05, 4.69) is 29.1 Å². The minimum absolute atomic E-state index is 0.399. The summed E-state index contributed by atoms with van der Waals surface area (Å²) in [6.45, 7) is 11.7. The molecule has 0 aliphatic heterocycles. The molecule has 1 aromatic rings. The molecule has 120 valence electrons. The molecule has 0 spiro atoms. The first-order valence-electron chi connectivity index (χ1n) is 7.40. The Morgan fingerprint density at radius 3 is 2.10 bits per heavy atom. The van der Waals surface area contributed by atoms with Crippen LogP contribution < -0.4 is 5.32 Å². The Morgan fingerprint density at radius 1 is 1.14 bits per heavy atom. The summed E-state index contributed by atoms with van der Waals surface area (Å²) >= 11 is 0. The molecular weight excluding hydrogens is 286 g/mol. The van der Waals surface area contributed by atoms with Crippen molar-refractivity contribution < 1.29 is 8.42 Å². The first-order valence-corrected chi connectivity index (χ1v) is 9.35. The van der Waals surface area contributed by atoms with E-state index in [1.165, 1.54) is 6.26 Å². The maximum Gasteiger partial charge on any atom is 0.157 e. The number of hydrogen-bond donors (Lipinski definition) is 1. The Labute approximate surface area is 128 Å². The summed E-state index contributed by atoms with van der Waals surface area (Å²) in [5, 5.41) is 2.67. The van der Waals surface area contributed by atoms with Gasteiger partial charge in [-0.15, -0.1) is 0 Å². The average Bonchev–Trinajstić information content (AvgIpc) is 2.38. The standard InChI is InChI=1S/C15H27N3O2S/c1-7-16-9-10(2)8-14-11(3)17-15(18-12(14)4)13(5)21(6,19)20/h10,13,16H,7-9H2,1-6H3. The molecule has 2 atom stereocenters. The normalized spacial score (nSPS) is 15.0. The van der Waals surface area contributed by atoms with E-state index in [0.717, 1.165) is 36.5 Å². The summed E-state index contributed by atoms with van der Waals surface area (Å²) in [5.74, 6) is 0.889. The number of aromatic nitrogens is 2. The van der Waals surface area contributed by atoms with Gasteiger partial charge in [-0.05, 0) is 51.8 Å². The van der Waals surface area contributed by atoms with Crippen LogP contribution in [0.3, 0.4) is 0 Å². The lowest BCUT2D eigenvalue weighted by Gasteiger charge is -2.17. The Morgan fingerprint density at radius 2 is 1.67 bits per heavy atom. The fourth-order valence-corrected chi connectivity index (χ4v) is 2.73. The van der Waals surface area contributed by atoms with Gasteiger partial charge >= 0.3 is 0 Å². The smallest absolute Gasteiger partial charge is 0.157 e. The summed E-state index contributed by atoms with van der Waals surface area (Å²) < 4.78 is 23.3. The van der Waals surface area contributed by atoms with Gasteiger partial charge in [0.25, 0.3) is 0 Å². The molecule has 1 rings (SSSR count). The highest BCUT2D eigenvalue weighted by molar-refractivity contribution is 7.90. The number of nitrogens with zero attached hydrogens (tertiary/aromatic N) is 2. The van der Waals surface area contributed by atoms with Gasteiger partial charge in [-0.25, -0.2) is 18.4 Å². The van der Waals surface area contributed by atoms with Gasteiger partial charge in [0.05, 0.1) is 0 Å². The highest BCUT2D eigenvalue weighted by atomic mass is 32.2. The van der Waals surface area contributed by atoms with Gasteiger partial charge < -0.3 is 5.32 Å². The van der Waals surface area contributed by atoms with Gasteiger partial charge in [-0.1, -0.05) is 13.8 Å². The molecule has 0 bridgehead atoms. The molecule has 5 nitrogen and oxygen atoms in total. The highest BCUT2D eigenvalue weighted by Crippen LogP contribution is 2.21. The van der Waals surface area contributed by atoms with Crippen molar-refractivity contribution in [3.63, 3.8) is 0 Å². The zero-order valence-electron chi connectivity index (χ0n) is 13.9. The van der Waals surface area contributed by atoms with Gasteiger partial charge in [0.2, 0.25) is 0 Å². The van der Waals surface area contributed by atoms with Crippen molar-refractivity contribution in [2.24, 2.45) is 5.92 Å². The minimum atomic E-state index is -3.17. The highest BCUT2D eigenvalue weighted by Gasteiger charge is 2.22. The molecule has 0 saturated heterocycles. The van der Waals surface area contributed by atoms with E-state index in [-0.39, 0.29) is 0 Å². The molecule has 21 heavy (non-hydrogen) atoms. The van der Waals surface area contributed by atoms with E-state index < -0.39 is 15.1 Å². The quantitative estimate of drug-likeness (QED) is 0.833. The summed E-state index contributed by atoms with van der Waals surface area (Å²) in [6.07, 6.45) is 2.12. The van der Waals surface area contributed by atoms with Gasteiger partial charge in [0.15, 0.2) is 9.84 Å². The molecule has 0 aliphatic carbocycles. The van der Waals surface area contributed by atoms with Crippen molar-refractivity contribution in [1.29, 1.82) is 0 Å². The maximum atomic E-state index is 11.6. The molecule has 1 heterocycles. The Bertz CT molecular complexity index is 562. The molecule has 0 fully saturated rings. The first kappa shape index (κ1) is 18.0. The van der Waals surface area contributed by atoms with Crippen LogP contribution >= 0.6 is 0 Å². The Kier molecular flexibility index (Phi) is 6.28. The van der Waals surface area contributed by atoms with Crippen molar-refractivity contribution in [3.8, 4) is 0 Å². The number of hydrogen-bond acceptors (Lipinski definition) is 5. The van der Waals surface area contributed by atoms with Crippen LogP contribution in [0.4, 0.5) is 0 Å². The first-order chi connectivity index (χ1) is 9.66. The molecule has 1 N–H and O–H groups in total. The second kappa shape index (κ2) is 7.31. The van der Waals surface area contributed by atoms with Crippen molar-refractivity contribution >= 4 is 9.84 Å². The van der Waals surface area contributed by atoms with Crippen LogP contribution in [0.1, 0.15) is 48.8 Å². The lowest BCUT2D eigenvalue weighted by Crippen LogP contribution is -2.23. The van der Waals surface area contributed by atoms with Crippen LogP contribution in [0.25, 0.3) is 0 Å². The summed E-state index contributed by atoms with van der Waals surface area (Å²) in [6, 6.07) is 0. The topological polar surface area (TPSA) is 72.0 Å². The maximum absolute atomic E-state index is 11.6. The molecule has 0 amide bonds. The second-order valence-electron chi connectivity index (χ2n) is 5.82. The third-order valence-electron chi connectivity index (χ3n) is 3.74. The van der Waals surface area contributed by atoms with Crippen molar-refractivity contribution in [3.05, 3.63) is 22.8 Å². The summed E-state index contributed by atoms with van der Waals surface area (Å²) in [4.78, 5) is 8.85. The minimum Gasteiger partial charge on any atom is -0.317 e. The molecule has 6 heteroatoms. The summed E-state index contributed by atoms with van der Waals surface area (Å²) in [7, 11) is -3.17. The van der Waals surface area contributed by atoms with E-state index in [0.29, 0.717) is 11.7 Å². The average molecular weight is 313 g/mol. The number of rotatable bonds is 7. The predicted octanol–water partition coefficient (Wildman–Crippen LogP) is 1.99. The van der Waals surface area contributed by atoms with Crippen molar-refractivity contribution in [2.75, 3.05) is 19.3 Å². The molecule has 2 unspecified atom stereocenters. The van der Waals surface area contributed by atoms with E-state index in [1.807, 2.05) is 13.8 Å². The zero-order valence-corrected chi connectivity index (χ0v) is 14.7. The number of sulfone groups is 1. The SMILES string of the molecule is CCNCC(C)Cc1c(C)nc(C(C)S(C)(=O)=O)nc1C. The molecule has 0 radical (unpaired) electrons. The van der Waals surface area contributed by atoms with Crippen LogP contribution in [0.2, 0.25) is 0 Å². The van der Waals surface area contributed by atoms with Crippen LogP contribution in [0.15, 0.2) is 0 Å². The van der Waals surface area contributed by atoms with E-state index in [4.69, 9.17) is 0 Å². The lowest BCUT2D eigenvalue weighted by atomic mass is 9.98. The van der Waals surface area contributed by atoms with Gasteiger partial charge in [-0.3, -0.25) is 0 Å². The van der Waals surface area contributed by atoms with Gasteiger partial charge in [0.1, 0.15) is 11.1 Å². The number of aryl methyl sites for hydroxylation is 2. The van der Waals surface area contributed by atoms with Gasteiger partial charge in [0, 0.05) is 17.6 Å². The van der Waals surface area contributed by atoms with E-state index >= 15 is 0 Å². The second-order valence-corrected chi connectivity index (χ2v) is 8.19. The molecule has 0 aliphatic rings. The predicted molar refractivity (Wildman–Crippen MR) is 86.2 cm³/mol. The molecule has 0 aromatic carbocycles. The van der Waals surface area contributed by atoms with Gasteiger partial charge in [-0.2, -0.15) is 0 Å². The van der Waals surface area contributed by atoms with Crippen LogP contribution in [0, 0.1) is 19.8 Å². The number of nitrogens with one attached hydrogen (secondary N) is 1. The van der Waals surface area contributed by atoms with Crippen LogP contribution in [-0.2, 0) is 16.3 Å². The monoisotopic (exact) mass is 313 g/mol. The summed E-state index contributed by atoms with van der Waals surface area (Å²) in [5.41, 5.74) is 2.90. The Balaban J connectivity index is 3.00. The lowest BCUT2D eigenvalue weighted by molar-refractivity contribution is 0.517. The largest absolute Gasteiger partial charge is 0.317 e. The van der Waals surface area contributed by atoms with Crippen LogP contribution in [-0.4, -0.2) is 37.7 Å². The third-order valence-corrected chi connectivity index (χ3v) is 5.23. The fraction of sp³-hybridized carbons (Fsp3) is 0.733. The van der Waals surface area contributed by atoms with E-state index in [9.17, 15) is 8.42 Å². The molecular formula is C15H27N3O2S. The van der Waals surface area contributed by atoms with E-state index in [1.54, 1.807) is 6.92 Å². The van der Waals surface area contributed by atoms with Crippen molar-refractivity contribution in [2.45, 2.75) is 46.3 Å². The Hall–Kier alpha value is -1.01. The zero-order chi connectivity index (χ0) is 16.2. The fourth-order valence-electron chi connectivity index (χ4n) is 2.25.